The van der Waals surface area contributed by atoms with Crippen LogP contribution in [0.3, 0.4) is 0 Å². The van der Waals surface area contributed by atoms with Crippen LogP contribution in [0.15, 0.2) is 30.3 Å². The molecule has 0 aliphatic rings. The highest BCUT2D eigenvalue weighted by molar-refractivity contribution is 7.15. The Hall–Kier alpha value is -1.99. The molecule has 0 radical (unpaired) electrons. The summed E-state index contributed by atoms with van der Waals surface area (Å²) >= 11 is 1.21. The van der Waals surface area contributed by atoms with Gasteiger partial charge in [0.25, 0.3) is 0 Å². The van der Waals surface area contributed by atoms with Crippen LogP contribution in [0, 0.1) is 0 Å². The highest BCUT2D eigenvalue weighted by Gasteiger charge is 2.08. The number of aliphatic hydroxyl groups is 1. The Balaban J connectivity index is 1.80. The van der Waals surface area contributed by atoms with E-state index in [0.29, 0.717) is 16.6 Å². The average Bonchev–Trinajstić information content (AvgIpc) is 2.85. The van der Waals surface area contributed by atoms with E-state index < -0.39 is 6.09 Å². The quantitative estimate of drug-likeness (QED) is 0.872. The van der Waals surface area contributed by atoms with Crippen molar-refractivity contribution in [1.82, 2.24) is 10.2 Å². The molecule has 1 aromatic carbocycles. The van der Waals surface area contributed by atoms with Crippen LogP contribution in [-0.2, 0) is 17.8 Å². The van der Waals surface area contributed by atoms with Crippen LogP contribution in [0.1, 0.15) is 10.6 Å². The molecule has 2 aromatic rings. The zero-order chi connectivity index (χ0) is 13.5. The summed E-state index contributed by atoms with van der Waals surface area (Å²) in [6.07, 6.45) is -0.145. The Labute approximate surface area is 114 Å². The maximum absolute atomic E-state index is 11.5. The molecule has 0 saturated carbocycles. The number of carbonyl (C=O) groups excluding carboxylic acids is 1. The van der Waals surface area contributed by atoms with E-state index in [0.717, 1.165) is 5.56 Å². The van der Waals surface area contributed by atoms with Crippen LogP contribution < -0.4 is 5.32 Å². The van der Waals surface area contributed by atoms with Crippen molar-refractivity contribution < 1.29 is 14.6 Å². The number of rotatable bonds is 5. The number of aliphatic hydroxyl groups excluding tert-OH is 1. The number of benzene rings is 1. The van der Waals surface area contributed by atoms with Gasteiger partial charge in [0.05, 0.1) is 0 Å². The van der Waals surface area contributed by atoms with Gasteiger partial charge in [-0.3, -0.25) is 5.32 Å². The monoisotopic (exact) mass is 279 g/mol. The Morgan fingerprint density at radius 2 is 2.11 bits per heavy atom. The lowest BCUT2D eigenvalue weighted by Crippen LogP contribution is -2.13. The zero-order valence-corrected chi connectivity index (χ0v) is 10.9. The van der Waals surface area contributed by atoms with Gasteiger partial charge < -0.3 is 9.84 Å². The molecule has 19 heavy (non-hydrogen) atoms. The predicted octanol–water partition coefficient (Wildman–Crippen LogP) is 1.82. The molecule has 0 aliphatic carbocycles. The Morgan fingerprint density at radius 3 is 2.84 bits per heavy atom. The van der Waals surface area contributed by atoms with Crippen LogP contribution in [0.4, 0.5) is 9.93 Å². The van der Waals surface area contributed by atoms with Gasteiger partial charge in [-0.25, -0.2) is 4.79 Å². The Morgan fingerprint density at radius 1 is 1.32 bits per heavy atom. The summed E-state index contributed by atoms with van der Waals surface area (Å²) in [5.41, 5.74) is 0.913. The number of carbonyl (C=O) groups is 1. The molecule has 0 fully saturated rings. The molecule has 0 aliphatic heterocycles. The molecule has 0 spiro atoms. The lowest BCUT2D eigenvalue weighted by atomic mass is 10.2. The number of ether oxygens (including phenoxy) is 1. The van der Waals surface area contributed by atoms with Crippen molar-refractivity contribution in [3.63, 3.8) is 0 Å². The lowest BCUT2D eigenvalue weighted by molar-refractivity contribution is 0.155. The highest BCUT2D eigenvalue weighted by Crippen LogP contribution is 2.15. The molecule has 0 saturated heterocycles. The minimum absolute atomic E-state index is 0.00703. The topological polar surface area (TPSA) is 84.3 Å². The standard InChI is InChI=1S/C12H13N3O3S/c16-7-6-10-14-15-11(19-10)13-12(17)18-8-9-4-2-1-3-5-9/h1-5,16H,6-8H2,(H,13,15,17). The third-order valence-corrected chi connectivity index (χ3v) is 3.11. The minimum Gasteiger partial charge on any atom is -0.444 e. The highest BCUT2D eigenvalue weighted by atomic mass is 32.1. The molecule has 0 bridgehead atoms. The number of nitrogens with zero attached hydrogens (tertiary/aromatic N) is 2. The van der Waals surface area contributed by atoms with Crippen molar-refractivity contribution in [2.24, 2.45) is 0 Å². The Kier molecular flexibility index (Phi) is 4.82. The second-order valence-corrected chi connectivity index (χ2v) is 4.72. The predicted molar refractivity (Wildman–Crippen MR) is 70.9 cm³/mol. The van der Waals surface area contributed by atoms with Crippen LogP contribution in [0.2, 0.25) is 0 Å². The molecule has 2 N–H and O–H groups in total. The maximum atomic E-state index is 11.5. The SMILES string of the molecule is O=C(Nc1nnc(CCO)s1)OCc1ccccc1. The number of hydrogen-bond acceptors (Lipinski definition) is 6. The Bertz CT molecular complexity index is 530. The maximum Gasteiger partial charge on any atom is 0.413 e. The van der Waals surface area contributed by atoms with E-state index in [1.54, 1.807) is 0 Å². The molecule has 1 amide bonds. The van der Waals surface area contributed by atoms with Crippen molar-refractivity contribution >= 4 is 22.6 Å². The van der Waals surface area contributed by atoms with E-state index in [1.807, 2.05) is 30.3 Å². The van der Waals surface area contributed by atoms with Gasteiger partial charge in [0.15, 0.2) is 0 Å². The van der Waals surface area contributed by atoms with Crippen LogP contribution in [-0.4, -0.2) is 28.0 Å². The van der Waals surface area contributed by atoms with Crippen LogP contribution in [0.25, 0.3) is 0 Å². The number of hydrogen-bond donors (Lipinski definition) is 2. The van der Waals surface area contributed by atoms with Crippen LogP contribution >= 0.6 is 11.3 Å². The molecule has 0 atom stereocenters. The largest absolute Gasteiger partial charge is 0.444 e. The first kappa shape index (κ1) is 13.4. The first-order valence-corrected chi connectivity index (χ1v) is 6.50. The summed E-state index contributed by atoms with van der Waals surface area (Å²) in [6, 6.07) is 9.40. The lowest BCUT2D eigenvalue weighted by Gasteiger charge is -2.04. The molecule has 100 valence electrons. The summed E-state index contributed by atoms with van der Waals surface area (Å²) in [7, 11) is 0. The van der Waals surface area contributed by atoms with E-state index in [-0.39, 0.29) is 13.2 Å². The second kappa shape index (κ2) is 6.81. The molecule has 7 heteroatoms. The average molecular weight is 279 g/mol. The van der Waals surface area contributed by atoms with Gasteiger partial charge in [0, 0.05) is 13.0 Å². The van der Waals surface area contributed by atoms with Gasteiger partial charge in [-0.15, -0.1) is 10.2 Å². The normalized spacial score (nSPS) is 10.2. The van der Waals surface area contributed by atoms with E-state index in [4.69, 9.17) is 9.84 Å². The first-order valence-electron chi connectivity index (χ1n) is 5.69. The van der Waals surface area contributed by atoms with E-state index >= 15 is 0 Å². The number of anilines is 1. The first-order chi connectivity index (χ1) is 9.28. The zero-order valence-electron chi connectivity index (χ0n) is 10.1. The minimum atomic E-state index is -0.574. The van der Waals surface area contributed by atoms with Gasteiger partial charge in [-0.05, 0) is 5.56 Å². The fraction of sp³-hybridized carbons (Fsp3) is 0.250. The van der Waals surface area contributed by atoms with Gasteiger partial charge in [-0.2, -0.15) is 0 Å². The van der Waals surface area contributed by atoms with Crippen molar-refractivity contribution in [1.29, 1.82) is 0 Å². The fourth-order valence-electron chi connectivity index (χ4n) is 1.35. The van der Waals surface area contributed by atoms with E-state index in [1.165, 1.54) is 11.3 Å². The van der Waals surface area contributed by atoms with Crippen molar-refractivity contribution in [2.75, 3.05) is 11.9 Å². The van der Waals surface area contributed by atoms with Gasteiger partial charge in [0.1, 0.15) is 11.6 Å². The number of aromatic nitrogens is 2. The van der Waals surface area contributed by atoms with E-state index in [2.05, 4.69) is 15.5 Å². The fourth-order valence-corrected chi connectivity index (χ4v) is 2.06. The summed E-state index contributed by atoms with van der Waals surface area (Å²) < 4.78 is 5.04. The summed E-state index contributed by atoms with van der Waals surface area (Å²) in [4.78, 5) is 11.5. The van der Waals surface area contributed by atoms with Crippen molar-refractivity contribution in [3.8, 4) is 0 Å². The molecular weight excluding hydrogens is 266 g/mol. The second-order valence-electron chi connectivity index (χ2n) is 3.66. The summed E-state index contributed by atoms with van der Waals surface area (Å²) in [5, 5.41) is 19.9. The summed E-state index contributed by atoms with van der Waals surface area (Å²) in [5.74, 6) is 0. The van der Waals surface area contributed by atoms with Gasteiger partial charge in [-0.1, -0.05) is 41.7 Å². The number of nitrogens with one attached hydrogen (secondary N) is 1. The van der Waals surface area contributed by atoms with E-state index in [9.17, 15) is 4.79 Å². The third-order valence-electron chi connectivity index (χ3n) is 2.21. The molecule has 2 rings (SSSR count). The third kappa shape index (κ3) is 4.31. The molecular formula is C12H13N3O3S. The van der Waals surface area contributed by atoms with Crippen molar-refractivity contribution in [3.05, 3.63) is 40.9 Å². The number of amides is 1. The molecule has 1 aromatic heterocycles. The van der Waals surface area contributed by atoms with Gasteiger partial charge in [0.2, 0.25) is 5.13 Å². The molecule has 6 nitrogen and oxygen atoms in total. The smallest absolute Gasteiger partial charge is 0.413 e. The van der Waals surface area contributed by atoms with Crippen LogP contribution in [0.5, 0.6) is 0 Å². The van der Waals surface area contributed by atoms with Crippen molar-refractivity contribution in [2.45, 2.75) is 13.0 Å². The molecule has 0 unspecified atom stereocenters. The molecule has 1 heterocycles. The van der Waals surface area contributed by atoms with Gasteiger partial charge >= 0.3 is 6.09 Å². The summed E-state index contributed by atoms with van der Waals surface area (Å²) in [6.45, 7) is 0.210.